The summed E-state index contributed by atoms with van der Waals surface area (Å²) < 4.78 is 15.2. The first-order valence-electron chi connectivity index (χ1n) is 47.0. The molecule has 646 valence electrons. The molecule has 0 heterocycles. The Kier molecular flexibility index (Phi) is 20.0. The molecular weight excluding hydrogens is 1650 g/mol. The van der Waals surface area contributed by atoms with Gasteiger partial charge in [0.1, 0.15) is 5.82 Å². The van der Waals surface area contributed by atoms with Crippen LogP contribution in [-0.4, -0.2) is 0 Å². The van der Waals surface area contributed by atoms with Gasteiger partial charge in [0.05, 0.1) is 16.2 Å². The number of hydrogen-bond acceptors (Lipinski definition) is 4. The van der Waals surface area contributed by atoms with Crippen molar-refractivity contribution in [3.05, 3.63) is 586 Å². The smallest absolute Gasteiger partial charge is 0.123 e. The van der Waals surface area contributed by atoms with E-state index in [9.17, 15) is 0 Å². The average molecular weight is 1740 g/mol. The predicted molar refractivity (Wildman–Crippen MR) is 566 cm³/mol. The maximum Gasteiger partial charge on any atom is 0.123 e. The van der Waals surface area contributed by atoms with E-state index in [-0.39, 0.29) is 5.82 Å². The Labute approximate surface area is 795 Å². The molecule has 20 aromatic carbocycles. The van der Waals surface area contributed by atoms with Crippen LogP contribution in [0.4, 0.5) is 72.6 Å². The van der Waals surface area contributed by atoms with E-state index < -0.39 is 16.2 Å². The fraction of sp³-hybridized carbons (Fsp3) is 0.0534. The van der Waals surface area contributed by atoms with Crippen LogP contribution >= 0.6 is 0 Å². The predicted octanol–water partition coefficient (Wildman–Crippen LogP) is 34.6. The Morgan fingerprint density at radius 3 is 0.699 bits per heavy atom. The highest BCUT2D eigenvalue weighted by Gasteiger charge is 2.54. The zero-order valence-electron chi connectivity index (χ0n) is 76.2. The third kappa shape index (κ3) is 13.1. The van der Waals surface area contributed by atoms with Crippen molar-refractivity contribution in [1.82, 2.24) is 0 Å². The largest absolute Gasteiger partial charge is 0.310 e. The zero-order valence-corrected chi connectivity index (χ0v) is 76.2. The molecule has 0 saturated carbocycles. The van der Waals surface area contributed by atoms with Crippen LogP contribution in [0.5, 0.6) is 0 Å². The summed E-state index contributed by atoms with van der Waals surface area (Å²) in [5, 5.41) is 0. The molecule has 136 heavy (non-hydrogen) atoms. The molecule has 20 aromatic rings. The first kappa shape index (κ1) is 82.2. The van der Waals surface area contributed by atoms with Crippen LogP contribution in [0, 0.1) is 33.5 Å². The Hall–Kier alpha value is -17.0. The zero-order chi connectivity index (χ0) is 91.5. The molecule has 5 heteroatoms. The van der Waals surface area contributed by atoms with Crippen molar-refractivity contribution < 1.29 is 4.39 Å². The topological polar surface area (TPSA) is 13.0 Å². The van der Waals surface area contributed by atoms with Crippen LogP contribution in [0.3, 0.4) is 0 Å². The molecule has 24 rings (SSSR count). The summed E-state index contributed by atoms with van der Waals surface area (Å²) in [4.78, 5) is 9.51. The fourth-order valence-corrected chi connectivity index (χ4v) is 23.1. The van der Waals surface area contributed by atoms with Gasteiger partial charge >= 0.3 is 0 Å². The van der Waals surface area contributed by atoms with Gasteiger partial charge in [-0.1, -0.05) is 346 Å². The van der Waals surface area contributed by atoms with Crippen molar-refractivity contribution in [1.29, 1.82) is 0 Å². The Morgan fingerprint density at radius 2 is 0.419 bits per heavy atom. The molecule has 0 fully saturated rings. The molecule has 0 bridgehead atoms. The Bertz CT molecular complexity index is 8080. The van der Waals surface area contributed by atoms with Gasteiger partial charge in [-0.25, -0.2) is 4.39 Å². The molecule has 0 saturated heterocycles. The minimum absolute atomic E-state index is 0.290. The quantitative estimate of drug-likeness (QED) is 0.0754. The number of halogens is 1. The monoisotopic (exact) mass is 1740 g/mol. The number of para-hydroxylation sites is 3. The van der Waals surface area contributed by atoms with Gasteiger partial charge < -0.3 is 19.6 Å². The van der Waals surface area contributed by atoms with E-state index in [1.165, 1.54) is 134 Å². The summed E-state index contributed by atoms with van der Waals surface area (Å²) in [6.07, 6.45) is 3.84. The van der Waals surface area contributed by atoms with Crippen LogP contribution in [0.2, 0.25) is 0 Å². The summed E-state index contributed by atoms with van der Waals surface area (Å²) >= 11 is 0. The van der Waals surface area contributed by atoms with Crippen LogP contribution in [0.25, 0.3) is 78.9 Å². The summed E-state index contributed by atoms with van der Waals surface area (Å²) in [5.74, 6) is -0.290. The molecule has 0 aliphatic heterocycles. The third-order valence-electron chi connectivity index (χ3n) is 29.2. The number of anilines is 12. The molecule has 0 N–H and O–H groups in total. The standard InChI is InChI=1S/C131H95FN4/c1-7-90-44-56-96(57-45-90)129(123-80-86(3)40-42-88(123)5)119-36-22-18-32-111(119)115-76-72-107(82-125(115)129)133(99-26-12-9-13-27-99)102-62-48-92(49-63-102)93-50-64-103(65-51-93)134(100-28-14-10-15-29-100)109-74-78-117-113-34-20-24-38-121(113)131(127(117)84-109)122-39-25-21-35-114(122)118-79-75-110(85-128(118)131)135(101-30-16-11-17-31-101)104-66-52-94(53-67-104)95-54-68-105(69-55-95)136(106-70-60-98(132)61-71-106)108-73-77-116-112-33-19-23-37-120(112)130(126(116)83-108,97-58-46-91(8-2)47-59-97)124-81-87(4)41-43-89(124)6/h7-85H,1-2H2,3-6H3. The molecule has 4 aliphatic carbocycles. The van der Waals surface area contributed by atoms with Crippen molar-refractivity contribution in [2.45, 2.75) is 43.9 Å². The summed E-state index contributed by atoms with van der Waals surface area (Å²) in [6, 6.07) is 172. The summed E-state index contributed by atoms with van der Waals surface area (Å²) in [7, 11) is 0. The third-order valence-corrected chi connectivity index (χ3v) is 29.2. The number of aryl methyl sites for hydroxylation is 4. The molecule has 0 aromatic heterocycles. The number of fused-ring (bicyclic) bond motifs is 16. The lowest BCUT2D eigenvalue weighted by Gasteiger charge is -2.36. The normalized spacial score (nSPS) is 15.2. The van der Waals surface area contributed by atoms with Gasteiger partial charge in [-0.05, 0) is 341 Å². The van der Waals surface area contributed by atoms with E-state index in [1.54, 1.807) is 12.1 Å². The van der Waals surface area contributed by atoms with E-state index >= 15 is 4.39 Å². The highest BCUT2D eigenvalue weighted by molar-refractivity contribution is 6.00. The molecule has 4 nitrogen and oxygen atoms in total. The second-order valence-electron chi connectivity index (χ2n) is 36.7. The van der Waals surface area contributed by atoms with E-state index in [4.69, 9.17) is 0 Å². The van der Waals surface area contributed by atoms with Crippen LogP contribution in [0.15, 0.2) is 480 Å². The van der Waals surface area contributed by atoms with Gasteiger partial charge in [0.15, 0.2) is 0 Å². The molecule has 3 atom stereocenters. The minimum atomic E-state index is -0.700. The van der Waals surface area contributed by atoms with Crippen LogP contribution in [-0.2, 0) is 16.2 Å². The molecule has 3 unspecified atom stereocenters. The second kappa shape index (κ2) is 33.1. The summed E-state index contributed by atoms with van der Waals surface area (Å²) in [6.45, 7) is 17.2. The minimum Gasteiger partial charge on any atom is -0.310 e. The number of nitrogens with zero attached hydrogens (tertiary/aromatic N) is 4. The molecular formula is C131H95FN4. The van der Waals surface area contributed by atoms with Crippen molar-refractivity contribution in [3.63, 3.8) is 0 Å². The van der Waals surface area contributed by atoms with Crippen molar-refractivity contribution in [2.75, 3.05) is 19.6 Å². The molecule has 1 spiro atoms. The van der Waals surface area contributed by atoms with E-state index in [0.29, 0.717) is 0 Å². The van der Waals surface area contributed by atoms with Gasteiger partial charge in [0, 0.05) is 68.2 Å². The van der Waals surface area contributed by atoms with Gasteiger partial charge in [-0.2, -0.15) is 0 Å². The van der Waals surface area contributed by atoms with E-state index in [1.807, 2.05) is 24.3 Å². The van der Waals surface area contributed by atoms with E-state index in [0.717, 1.165) is 102 Å². The summed E-state index contributed by atoms with van der Waals surface area (Å²) in [5.41, 5.74) is 46.3. The lowest BCUT2D eigenvalue weighted by Crippen LogP contribution is -2.30. The second-order valence-corrected chi connectivity index (χ2v) is 36.7. The first-order chi connectivity index (χ1) is 66.9. The fourth-order valence-electron chi connectivity index (χ4n) is 23.1. The van der Waals surface area contributed by atoms with Gasteiger partial charge in [-0.3, -0.25) is 0 Å². The van der Waals surface area contributed by atoms with Crippen LogP contribution < -0.4 is 19.6 Å². The first-order valence-corrected chi connectivity index (χ1v) is 47.0. The van der Waals surface area contributed by atoms with Crippen LogP contribution in [0.1, 0.15) is 100 Å². The molecule has 4 aliphatic rings. The average Bonchev–Trinajstić information content (AvgIpc) is 1.50. The molecule has 0 radical (unpaired) electrons. The van der Waals surface area contributed by atoms with Gasteiger partial charge in [0.25, 0.3) is 0 Å². The number of hydrogen-bond donors (Lipinski definition) is 0. The highest BCUT2D eigenvalue weighted by atomic mass is 19.1. The highest BCUT2D eigenvalue weighted by Crippen LogP contribution is 2.66. The number of benzene rings is 20. The van der Waals surface area contributed by atoms with Crippen molar-refractivity contribution >= 4 is 80.4 Å². The van der Waals surface area contributed by atoms with Crippen molar-refractivity contribution in [3.8, 4) is 66.8 Å². The lowest BCUT2D eigenvalue weighted by atomic mass is 9.66. The maximum absolute atomic E-state index is 15.2. The molecule has 0 amide bonds. The number of rotatable bonds is 20. The Balaban J connectivity index is 0.565. The lowest BCUT2D eigenvalue weighted by molar-refractivity contribution is 0.628. The van der Waals surface area contributed by atoms with Crippen molar-refractivity contribution in [2.24, 2.45) is 0 Å². The Morgan fingerprint density at radius 1 is 0.191 bits per heavy atom. The SMILES string of the molecule is C=Cc1ccc(C2(c3cc(C)ccc3C)c3ccccc3-c3ccc(N(c4ccccc4)c4ccc(-c5ccc(N(c6ccccc6)c6ccc7c(c6)C6(c8ccccc8-7)c7ccccc7-c7ccc(N(c8ccccc8)c8ccc(-c9ccc(N(c%10ccc(F)cc%10)c%10ccc%11c(c%10)C(c%10ccc(C=C)cc%10)(c%10cc(C)ccc%10C)c%10ccccc%10-%11)cc9)cc8)cc76)cc5)cc4)cc32)cc1. The maximum atomic E-state index is 15.2. The van der Waals surface area contributed by atoms with Gasteiger partial charge in [0.2, 0.25) is 0 Å². The van der Waals surface area contributed by atoms with E-state index in [2.05, 4.69) is 503 Å². The van der Waals surface area contributed by atoms with Gasteiger partial charge in [-0.15, -0.1) is 0 Å².